The van der Waals surface area contributed by atoms with E-state index in [2.05, 4.69) is 27.3 Å². The first kappa shape index (κ1) is 15.5. The second-order valence-corrected chi connectivity index (χ2v) is 8.05. The number of benzene rings is 1. The standard InChI is InChI=1S/C15H14BrCl2NOS/c1-20-15-10(16)5-8(17)6-12(15)19-11-3-2-4-13-9(11)7-14(18)21-13/h5-7,11,19H,2-4H2,1H3. The van der Waals surface area contributed by atoms with Crippen LogP contribution in [0.5, 0.6) is 5.75 Å². The molecule has 3 rings (SSSR count). The Bertz CT molecular complexity index is 674. The zero-order valence-electron chi connectivity index (χ0n) is 11.4. The topological polar surface area (TPSA) is 21.3 Å². The lowest BCUT2D eigenvalue weighted by molar-refractivity contribution is 0.413. The number of nitrogens with one attached hydrogen (secondary N) is 1. The Morgan fingerprint density at radius 1 is 1.33 bits per heavy atom. The van der Waals surface area contributed by atoms with Gasteiger partial charge in [0, 0.05) is 9.90 Å². The Balaban J connectivity index is 1.94. The molecule has 112 valence electrons. The van der Waals surface area contributed by atoms with E-state index in [-0.39, 0.29) is 6.04 Å². The number of hydrogen-bond donors (Lipinski definition) is 1. The van der Waals surface area contributed by atoms with E-state index >= 15 is 0 Å². The van der Waals surface area contributed by atoms with Crippen LogP contribution >= 0.6 is 50.5 Å². The van der Waals surface area contributed by atoms with Gasteiger partial charge in [0.15, 0.2) is 5.75 Å². The van der Waals surface area contributed by atoms with Gasteiger partial charge in [0.2, 0.25) is 0 Å². The van der Waals surface area contributed by atoms with Crippen LogP contribution in [0, 0.1) is 0 Å². The van der Waals surface area contributed by atoms with E-state index in [9.17, 15) is 0 Å². The van der Waals surface area contributed by atoms with E-state index in [1.165, 1.54) is 10.4 Å². The third-order valence-electron chi connectivity index (χ3n) is 3.63. The molecule has 6 heteroatoms. The molecule has 2 nitrogen and oxygen atoms in total. The van der Waals surface area contributed by atoms with Gasteiger partial charge in [-0.1, -0.05) is 23.2 Å². The highest BCUT2D eigenvalue weighted by molar-refractivity contribution is 9.10. The van der Waals surface area contributed by atoms with Gasteiger partial charge in [0.1, 0.15) is 0 Å². The molecule has 1 aliphatic carbocycles. The number of anilines is 1. The van der Waals surface area contributed by atoms with Crippen LogP contribution in [-0.4, -0.2) is 7.11 Å². The van der Waals surface area contributed by atoms with Crippen LogP contribution in [0.4, 0.5) is 5.69 Å². The van der Waals surface area contributed by atoms with Crippen molar-refractivity contribution in [3.63, 3.8) is 0 Å². The molecule has 1 N–H and O–H groups in total. The fourth-order valence-corrected chi connectivity index (χ4v) is 5.09. The van der Waals surface area contributed by atoms with Crippen LogP contribution in [0.15, 0.2) is 22.7 Å². The first-order valence-electron chi connectivity index (χ1n) is 6.66. The quantitative estimate of drug-likeness (QED) is 0.644. The fraction of sp³-hybridized carbons (Fsp3) is 0.333. The van der Waals surface area contributed by atoms with E-state index in [0.717, 1.165) is 39.5 Å². The zero-order chi connectivity index (χ0) is 15.0. The highest BCUT2D eigenvalue weighted by Gasteiger charge is 2.24. The molecule has 0 bridgehead atoms. The summed E-state index contributed by atoms with van der Waals surface area (Å²) in [6, 6.07) is 6.05. The lowest BCUT2D eigenvalue weighted by Gasteiger charge is -2.26. The number of hydrogen-bond acceptors (Lipinski definition) is 3. The van der Waals surface area contributed by atoms with Gasteiger partial charge in [0.25, 0.3) is 0 Å². The summed E-state index contributed by atoms with van der Waals surface area (Å²) >= 11 is 17.5. The summed E-state index contributed by atoms with van der Waals surface area (Å²) in [6.45, 7) is 0. The molecule has 0 saturated heterocycles. The molecule has 0 saturated carbocycles. The number of ether oxygens (including phenoxy) is 1. The van der Waals surface area contributed by atoms with Gasteiger partial charge in [-0.2, -0.15) is 0 Å². The number of rotatable bonds is 3. The molecule has 21 heavy (non-hydrogen) atoms. The molecule has 1 aromatic heterocycles. The molecule has 0 radical (unpaired) electrons. The number of methoxy groups -OCH3 is 1. The summed E-state index contributed by atoms with van der Waals surface area (Å²) in [5.74, 6) is 0.771. The summed E-state index contributed by atoms with van der Waals surface area (Å²) in [5, 5.41) is 4.23. The predicted octanol–water partition coefficient (Wildman–Crippen LogP) is 6.32. The Morgan fingerprint density at radius 3 is 2.90 bits per heavy atom. The molecule has 1 atom stereocenters. The molecular weight excluding hydrogens is 393 g/mol. The average molecular weight is 407 g/mol. The van der Waals surface area contributed by atoms with Crippen molar-refractivity contribution in [2.45, 2.75) is 25.3 Å². The first-order chi connectivity index (χ1) is 10.1. The predicted molar refractivity (Wildman–Crippen MR) is 94.3 cm³/mol. The van der Waals surface area contributed by atoms with Gasteiger partial charge in [-0.15, -0.1) is 11.3 Å². The third-order valence-corrected chi connectivity index (χ3v) is 5.77. The maximum Gasteiger partial charge on any atom is 0.156 e. The minimum absolute atomic E-state index is 0.247. The maximum atomic E-state index is 6.17. The van der Waals surface area contributed by atoms with Crippen molar-refractivity contribution < 1.29 is 4.74 Å². The van der Waals surface area contributed by atoms with E-state index < -0.39 is 0 Å². The van der Waals surface area contributed by atoms with E-state index in [1.54, 1.807) is 18.4 Å². The van der Waals surface area contributed by atoms with Gasteiger partial charge in [-0.3, -0.25) is 0 Å². The van der Waals surface area contributed by atoms with Crippen LogP contribution < -0.4 is 10.1 Å². The van der Waals surface area contributed by atoms with Crippen LogP contribution in [0.3, 0.4) is 0 Å². The second-order valence-electron chi connectivity index (χ2n) is 4.99. The largest absolute Gasteiger partial charge is 0.493 e. The molecule has 1 heterocycles. The molecule has 0 aliphatic heterocycles. The SMILES string of the molecule is COc1c(Br)cc(Cl)cc1NC1CCCc2sc(Cl)cc21. The molecule has 0 amide bonds. The van der Waals surface area contributed by atoms with Gasteiger partial charge in [0.05, 0.1) is 27.6 Å². The molecule has 0 fully saturated rings. The van der Waals surface area contributed by atoms with E-state index in [1.807, 2.05) is 12.1 Å². The van der Waals surface area contributed by atoms with Crippen LogP contribution in [0.1, 0.15) is 29.3 Å². The molecule has 0 spiro atoms. The smallest absolute Gasteiger partial charge is 0.156 e. The van der Waals surface area contributed by atoms with Gasteiger partial charge in [-0.05, 0) is 59.0 Å². The van der Waals surface area contributed by atoms with Crippen LogP contribution in [0.2, 0.25) is 9.36 Å². The normalized spacial score (nSPS) is 17.4. The van der Waals surface area contributed by atoms with Gasteiger partial charge < -0.3 is 10.1 Å². The molecule has 2 aromatic rings. The Morgan fingerprint density at radius 2 is 2.14 bits per heavy atom. The summed E-state index contributed by atoms with van der Waals surface area (Å²) in [4.78, 5) is 1.38. The Kier molecular flexibility index (Phi) is 4.69. The van der Waals surface area contributed by atoms with Crippen LogP contribution in [-0.2, 0) is 6.42 Å². The highest BCUT2D eigenvalue weighted by atomic mass is 79.9. The van der Waals surface area contributed by atoms with Crippen molar-refractivity contribution in [1.29, 1.82) is 0 Å². The van der Waals surface area contributed by atoms with Crippen molar-refractivity contribution in [3.8, 4) is 5.75 Å². The number of fused-ring (bicyclic) bond motifs is 1. The summed E-state index contributed by atoms with van der Waals surface area (Å²) in [5.41, 5.74) is 2.20. The lowest BCUT2D eigenvalue weighted by atomic mass is 9.94. The molecular formula is C15H14BrCl2NOS. The fourth-order valence-electron chi connectivity index (χ4n) is 2.73. The van der Waals surface area contributed by atoms with Crippen molar-refractivity contribution in [2.75, 3.05) is 12.4 Å². The van der Waals surface area contributed by atoms with Crippen molar-refractivity contribution in [3.05, 3.63) is 42.5 Å². The molecule has 1 aromatic carbocycles. The summed E-state index contributed by atoms with van der Waals surface area (Å²) < 4.78 is 7.18. The minimum Gasteiger partial charge on any atom is -0.493 e. The minimum atomic E-state index is 0.247. The van der Waals surface area contributed by atoms with E-state index in [0.29, 0.717) is 5.02 Å². The number of thiophene rings is 1. The van der Waals surface area contributed by atoms with Gasteiger partial charge >= 0.3 is 0 Å². The number of aryl methyl sites for hydroxylation is 1. The monoisotopic (exact) mass is 405 g/mol. The van der Waals surface area contributed by atoms with E-state index in [4.69, 9.17) is 27.9 Å². The van der Waals surface area contributed by atoms with Crippen molar-refractivity contribution >= 4 is 56.2 Å². The summed E-state index contributed by atoms with van der Waals surface area (Å²) in [6.07, 6.45) is 3.35. The van der Waals surface area contributed by atoms with Crippen molar-refractivity contribution in [2.24, 2.45) is 0 Å². The third kappa shape index (κ3) is 3.19. The molecule has 1 aliphatic rings. The van der Waals surface area contributed by atoms with Crippen molar-refractivity contribution in [1.82, 2.24) is 0 Å². The Hall–Kier alpha value is -0.420. The van der Waals surface area contributed by atoms with Gasteiger partial charge in [-0.25, -0.2) is 0 Å². The number of halogens is 3. The maximum absolute atomic E-state index is 6.17. The van der Waals surface area contributed by atoms with Crippen LogP contribution in [0.25, 0.3) is 0 Å². The average Bonchev–Trinajstić information content (AvgIpc) is 2.80. The Labute approximate surface area is 146 Å². The second kappa shape index (κ2) is 6.37. The first-order valence-corrected chi connectivity index (χ1v) is 9.02. The molecule has 1 unspecified atom stereocenters. The highest BCUT2D eigenvalue weighted by Crippen LogP contribution is 2.43. The lowest BCUT2D eigenvalue weighted by Crippen LogP contribution is -2.16. The summed E-state index contributed by atoms with van der Waals surface area (Å²) in [7, 11) is 1.66. The zero-order valence-corrected chi connectivity index (χ0v) is 15.3.